The quantitative estimate of drug-likeness (QED) is 0.898. The Morgan fingerprint density at radius 2 is 1.75 bits per heavy atom. The van der Waals surface area contributed by atoms with Crippen molar-refractivity contribution in [1.82, 2.24) is 10.6 Å². The fraction of sp³-hybridized carbons (Fsp3) is 0.278. The molecule has 1 aliphatic heterocycles. The first-order valence-electron chi connectivity index (χ1n) is 7.79. The lowest BCUT2D eigenvalue weighted by Crippen LogP contribution is -2.37. The van der Waals surface area contributed by atoms with E-state index in [1.54, 1.807) is 6.07 Å². The van der Waals surface area contributed by atoms with Gasteiger partial charge in [0.15, 0.2) is 5.96 Å². The summed E-state index contributed by atoms with van der Waals surface area (Å²) >= 11 is 0. The zero-order valence-corrected chi connectivity index (χ0v) is 13.0. The van der Waals surface area contributed by atoms with E-state index in [1.165, 1.54) is 12.1 Å². The third-order valence-corrected chi connectivity index (χ3v) is 3.93. The Balaban J connectivity index is 1.90. The van der Waals surface area contributed by atoms with E-state index in [-0.39, 0.29) is 18.0 Å². The third-order valence-electron chi connectivity index (χ3n) is 3.93. The number of guanidine groups is 1. The molecule has 1 heterocycles. The summed E-state index contributed by atoms with van der Waals surface area (Å²) in [5.41, 5.74) is 0.602. The standard InChI is InChI=1S/C18H18F3N3/c19-18(20,21)15-9-5-4-8-14(15)12-16(13-6-2-1-3-7-13)24-17-22-10-11-23-17/h1-9,16H,10-12H2,(H2,22,23,24). The summed E-state index contributed by atoms with van der Waals surface area (Å²) in [6, 6.07) is 14.9. The number of nitrogens with zero attached hydrogens (tertiary/aromatic N) is 1. The molecule has 0 fully saturated rings. The van der Waals surface area contributed by atoms with Crippen LogP contribution in [0.1, 0.15) is 22.7 Å². The Morgan fingerprint density at radius 3 is 2.42 bits per heavy atom. The molecular formula is C18H18F3N3. The van der Waals surface area contributed by atoms with Gasteiger partial charge in [-0.25, -0.2) is 0 Å². The lowest BCUT2D eigenvalue weighted by molar-refractivity contribution is -0.138. The van der Waals surface area contributed by atoms with Crippen LogP contribution in [0.4, 0.5) is 13.2 Å². The van der Waals surface area contributed by atoms with Gasteiger partial charge < -0.3 is 10.6 Å². The van der Waals surface area contributed by atoms with Gasteiger partial charge in [-0.05, 0) is 23.6 Å². The van der Waals surface area contributed by atoms with Crippen LogP contribution in [-0.2, 0) is 12.6 Å². The lowest BCUT2D eigenvalue weighted by atomic mass is 9.95. The Kier molecular flexibility index (Phi) is 4.74. The van der Waals surface area contributed by atoms with Crippen molar-refractivity contribution in [2.75, 3.05) is 13.1 Å². The van der Waals surface area contributed by atoms with Gasteiger partial charge in [-0.3, -0.25) is 4.99 Å². The van der Waals surface area contributed by atoms with Crippen molar-refractivity contribution in [2.45, 2.75) is 18.6 Å². The van der Waals surface area contributed by atoms with Gasteiger partial charge in [0.25, 0.3) is 0 Å². The highest BCUT2D eigenvalue weighted by atomic mass is 19.4. The smallest absolute Gasteiger partial charge is 0.355 e. The van der Waals surface area contributed by atoms with E-state index in [1.807, 2.05) is 30.3 Å². The number of rotatable bonds is 4. The fourth-order valence-corrected chi connectivity index (χ4v) is 2.79. The van der Waals surface area contributed by atoms with E-state index in [9.17, 15) is 13.2 Å². The van der Waals surface area contributed by atoms with Crippen molar-refractivity contribution in [2.24, 2.45) is 4.99 Å². The van der Waals surface area contributed by atoms with Crippen LogP contribution in [0.5, 0.6) is 0 Å². The summed E-state index contributed by atoms with van der Waals surface area (Å²) in [6.45, 7) is 1.41. The highest BCUT2D eigenvalue weighted by molar-refractivity contribution is 5.81. The largest absolute Gasteiger partial charge is 0.416 e. The summed E-state index contributed by atoms with van der Waals surface area (Å²) < 4.78 is 39.7. The van der Waals surface area contributed by atoms with Gasteiger partial charge in [-0.2, -0.15) is 13.2 Å². The number of benzene rings is 2. The van der Waals surface area contributed by atoms with Gasteiger partial charge in [0.1, 0.15) is 0 Å². The maximum atomic E-state index is 13.2. The molecular weight excluding hydrogens is 315 g/mol. The second-order valence-electron chi connectivity index (χ2n) is 5.62. The van der Waals surface area contributed by atoms with Gasteiger partial charge in [-0.15, -0.1) is 0 Å². The maximum Gasteiger partial charge on any atom is 0.416 e. The van der Waals surface area contributed by atoms with Crippen molar-refractivity contribution >= 4 is 5.96 Å². The molecule has 3 nitrogen and oxygen atoms in total. The minimum absolute atomic E-state index is 0.223. The third kappa shape index (κ3) is 3.88. The van der Waals surface area contributed by atoms with Gasteiger partial charge in [0.05, 0.1) is 18.2 Å². The molecule has 6 heteroatoms. The number of alkyl halides is 3. The molecule has 0 radical (unpaired) electrons. The molecule has 0 aliphatic carbocycles. The van der Waals surface area contributed by atoms with Gasteiger partial charge >= 0.3 is 6.18 Å². The molecule has 2 aromatic rings. The molecule has 0 saturated heterocycles. The topological polar surface area (TPSA) is 36.4 Å². The number of halogens is 3. The van der Waals surface area contributed by atoms with Crippen LogP contribution in [0, 0.1) is 0 Å². The average molecular weight is 333 g/mol. The average Bonchev–Trinajstić information content (AvgIpc) is 3.08. The molecule has 0 spiro atoms. The predicted octanol–water partition coefficient (Wildman–Crippen LogP) is 3.54. The van der Waals surface area contributed by atoms with Crippen LogP contribution >= 0.6 is 0 Å². The van der Waals surface area contributed by atoms with Crippen LogP contribution in [0.25, 0.3) is 0 Å². The molecule has 0 bridgehead atoms. The summed E-state index contributed by atoms with van der Waals surface area (Å²) in [4.78, 5) is 4.29. The van der Waals surface area contributed by atoms with Crippen molar-refractivity contribution in [1.29, 1.82) is 0 Å². The Morgan fingerprint density at radius 1 is 1.04 bits per heavy atom. The van der Waals surface area contributed by atoms with Crippen LogP contribution < -0.4 is 10.6 Å². The second-order valence-corrected chi connectivity index (χ2v) is 5.62. The molecule has 1 atom stereocenters. The summed E-state index contributed by atoms with van der Waals surface area (Å²) in [5, 5.41) is 6.34. The number of aliphatic imine (C=N–C) groups is 1. The monoisotopic (exact) mass is 333 g/mol. The minimum Gasteiger partial charge on any atom is -0.355 e. The van der Waals surface area contributed by atoms with E-state index < -0.39 is 11.7 Å². The molecule has 0 aromatic heterocycles. The first-order valence-corrected chi connectivity index (χ1v) is 7.79. The zero-order valence-electron chi connectivity index (χ0n) is 13.0. The zero-order chi connectivity index (χ0) is 17.0. The lowest BCUT2D eigenvalue weighted by Gasteiger charge is -2.22. The summed E-state index contributed by atoms with van der Waals surface area (Å²) in [7, 11) is 0. The molecule has 1 aliphatic rings. The predicted molar refractivity (Wildman–Crippen MR) is 87.8 cm³/mol. The van der Waals surface area contributed by atoms with Crippen LogP contribution in [-0.4, -0.2) is 19.0 Å². The van der Waals surface area contributed by atoms with Crippen LogP contribution in [0.3, 0.4) is 0 Å². The normalized spacial score (nSPS) is 15.5. The number of hydrogen-bond acceptors (Lipinski definition) is 3. The first-order chi connectivity index (χ1) is 11.5. The Bertz CT molecular complexity index is 711. The molecule has 24 heavy (non-hydrogen) atoms. The highest BCUT2D eigenvalue weighted by Crippen LogP contribution is 2.33. The first kappa shape index (κ1) is 16.4. The number of hydrogen-bond donors (Lipinski definition) is 2. The van der Waals surface area contributed by atoms with E-state index in [0.29, 0.717) is 12.5 Å². The minimum atomic E-state index is -4.36. The molecule has 126 valence electrons. The second kappa shape index (κ2) is 6.95. The maximum absolute atomic E-state index is 13.2. The summed E-state index contributed by atoms with van der Waals surface area (Å²) in [6.07, 6.45) is -4.14. The van der Waals surface area contributed by atoms with E-state index >= 15 is 0 Å². The SMILES string of the molecule is FC(F)(F)c1ccccc1CC(NC1=NCCN1)c1ccccc1. The fourth-order valence-electron chi connectivity index (χ4n) is 2.79. The Hall–Kier alpha value is -2.50. The number of nitrogens with one attached hydrogen (secondary N) is 2. The van der Waals surface area contributed by atoms with E-state index in [0.717, 1.165) is 18.2 Å². The molecule has 0 saturated carbocycles. The van der Waals surface area contributed by atoms with Gasteiger partial charge in [0, 0.05) is 6.54 Å². The van der Waals surface area contributed by atoms with Crippen LogP contribution in [0.15, 0.2) is 59.6 Å². The molecule has 2 N–H and O–H groups in total. The highest BCUT2D eigenvalue weighted by Gasteiger charge is 2.33. The van der Waals surface area contributed by atoms with Crippen molar-refractivity contribution in [3.63, 3.8) is 0 Å². The summed E-state index contributed by atoms with van der Waals surface area (Å²) in [5.74, 6) is 0.633. The molecule has 2 aromatic carbocycles. The van der Waals surface area contributed by atoms with E-state index in [2.05, 4.69) is 15.6 Å². The van der Waals surface area contributed by atoms with E-state index in [4.69, 9.17) is 0 Å². The van der Waals surface area contributed by atoms with Crippen LogP contribution in [0.2, 0.25) is 0 Å². The van der Waals surface area contributed by atoms with Gasteiger partial charge in [-0.1, -0.05) is 48.5 Å². The van der Waals surface area contributed by atoms with Crippen molar-refractivity contribution in [3.05, 3.63) is 71.3 Å². The molecule has 1 unspecified atom stereocenters. The van der Waals surface area contributed by atoms with Crippen molar-refractivity contribution < 1.29 is 13.2 Å². The van der Waals surface area contributed by atoms with Crippen molar-refractivity contribution in [3.8, 4) is 0 Å². The van der Waals surface area contributed by atoms with Gasteiger partial charge in [0.2, 0.25) is 0 Å². The molecule has 3 rings (SSSR count). The molecule has 0 amide bonds. The Labute approximate surface area is 138 Å².